The highest BCUT2D eigenvalue weighted by Crippen LogP contribution is 2.24. The zero-order valence-electron chi connectivity index (χ0n) is 14.9. The molecule has 6 nitrogen and oxygen atoms in total. The summed E-state index contributed by atoms with van der Waals surface area (Å²) < 4.78 is 7.58. The second kappa shape index (κ2) is 8.36. The predicted octanol–water partition coefficient (Wildman–Crippen LogP) is 1.19. The quantitative estimate of drug-likeness (QED) is 0.610. The third-order valence-corrected chi connectivity index (χ3v) is 4.61. The van der Waals surface area contributed by atoms with Gasteiger partial charge in [0, 0.05) is 51.3 Å². The average molecular weight is 321 g/mol. The van der Waals surface area contributed by atoms with Crippen LogP contribution in [-0.4, -0.2) is 61.4 Å². The van der Waals surface area contributed by atoms with Crippen LogP contribution in [0, 0.1) is 0 Å². The first-order chi connectivity index (χ1) is 11.1. The van der Waals surface area contributed by atoms with Gasteiger partial charge in [-0.3, -0.25) is 0 Å². The van der Waals surface area contributed by atoms with Gasteiger partial charge in [-0.25, -0.2) is 4.99 Å². The number of likely N-dealkylation sites (N-methyl/N-ethyl adjacent to an activating group) is 1. The molecule has 1 aliphatic rings. The van der Waals surface area contributed by atoms with E-state index < -0.39 is 0 Å². The van der Waals surface area contributed by atoms with Crippen molar-refractivity contribution >= 4 is 5.96 Å². The predicted molar refractivity (Wildman–Crippen MR) is 94.7 cm³/mol. The number of hydrogen-bond acceptors (Lipinski definition) is 3. The summed E-state index contributed by atoms with van der Waals surface area (Å²) in [5.74, 6) is 0.879. The Labute approximate surface area is 139 Å². The molecule has 0 spiro atoms. The van der Waals surface area contributed by atoms with Crippen molar-refractivity contribution in [3.8, 4) is 0 Å². The van der Waals surface area contributed by atoms with Crippen LogP contribution in [-0.2, 0) is 18.3 Å². The fraction of sp³-hybridized carbons (Fsp3) is 0.706. The maximum absolute atomic E-state index is 5.53. The van der Waals surface area contributed by atoms with Gasteiger partial charge in [-0.05, 0) is 45.5 Å². The van der Waals surface area contributed by atoms with E-state index in [1.807, 2.05) is 17.8 Å². The molecule has 2 heterocycles. The molecule has 130 valence electrons. The van der Waals surface area contributed by atoms with Crippen LogP contribution >= 0.6 is 0 Å². The fourth-order valence-corrected chi connectivity index (χ4v) is 2.95. The Kier molecular flexibility index (Phi) is 6.47. The molecular weight excluding hydrogens is 290 g/mol. The van der Waals surface area contributed by atoms with Crippen molar-refractivity contribution in [2.45, 2.75) is 31.8 Å². The number of guanidine groups is 1. The molecular formula is C17H31N5O. The van der Waals surface area contributed by atoms with E-state index in [2.05, 4.69) is 48.8 Å². The third-order valence-electron chi connectivity index (χ3n) is 4.61. The van der Waals surface area contributed by atoms with Gasteiger partial charge in [0.2, 0.25) is 0 Å². The van der Waals surface area contributed by atoms with Gasteiger partial charge in [0.15, 0.2) is 5.96 Å². The molecule has 0 aliphatic carbocycles. The van der Waals surface area contributed by atoms with Crippen LogP contribution in [0.3, 0.4) is 0 Å². The number of hydrogen-bond donors (Lipinski definition) is 2. The molecule has 2 rings (SSSR count). The van der Waals surface area contributed by atoms with Crippen molar-refractivity contribution in [3.05, 3.63) is 24.0 Å². The molecule has 0 aromatic carbocycles. The molecule has 1 aliphatic heterocycles. The zero-order valence-corrected chi connectivity index (χ0v) is 14.9. The molecule has 23 heavy (non-hydrogen) atoms. The lowest BCUT2D eigenvalue weighted by Gasteiger charge is -2.43. The van der Waals surface area contributed by atoms with Crippen LogP contribution in [0.15, 0.2) is 23.5 Å². The fourth-order valence-electron chi connectivity index (χ4n) is 2.95. The summed E-state index contributed by atoms with van der Waals surface area (Å²) in [4.78, 5) is 7.03. The highest BCUT2D eigenvalue weighted by molar-refractivity contribution is 5.79. The Morgan fingerprint density at radius 3 is 2.65 bits per heavy atom. The van der Waals surface area contributed by atoms with E-state index >= 15 is 0 Å². The van der Waals surface area contributed by atoms with Crippen molar-refractivity contribution in [3.63, 3.8) is 0 Å². The van der Waals surface area contributed by atoms with E-state index in [-0.39, 0.29) is 5.54 Å². The summed E-state index contributed by atoms with van der Waals surface area (Å²) in [6.45, 7) is 6.18. The second-order valence-electron chi connectivity index (χ2n) is 6.47. The minimum atomic E-state index is 0.140. The monoisotopic (exact) mass is 321 g/mol. The Morgan fingerprint density at radius 2 is 2.09 bits per heavy atom. The summed E-state index contributed by atoms with van der Waals surface area (Å²) >= 11 is 0. The average Bonchev–Trinajstić information content (AvgIpc) is 2.96. The largest absolute Gasteiger partial charge is 0.381 e. The standard InChI is InChI=1S/C17H31N5O/c1-5-18-16(19-12-15-6-9-22(4)13-15)20-14-17(21(2)3)7-10-23-11-8-17/h6,9,13H,5,7-8,10-12,14H2,1-4H3,(H2,18,19,20). The lowest BCUT2D eigenvalue weighted by Crippen LogP contribution is -2.57. The topological polar surface area (TPSA) is 53.8 Å². The number of nitrogens with zero attached hydrogens (tertiary/aromatic N) is 3. The van der Waals surface area contributed by atoms with Gasteiger partial charge in [0.05, 0.1) is 6.54 Å². The zero-order chi connectivity index (χ0) is 16.7. The van der Waals surface area contributed by atoms with Gasteiger partial charge in [-0.2, -0.15) is 0 Å². The van der Waals surface area contributed by atoms with Crippen LogP contribution in [0.5, 0.6) is 0 Å². The van der Waals surface area contributed by atoms with Gasteiger partial charge in [0.1, 0.15) is 0 Å². The SMILES string of the molecule is CCNC(=NCc1ccn(C)c1)NCC1(N(C)C)CCOCC1. The highest BCUT2D eigenvalue weighted by atomic mass is 16.5. The first-order valence-corrected chi connectivity index (χ1v) is 8.44. The Hall–Kier alpha value is -1.53. The number of ether oxygens (including phenoxy) is 1. The van der Waals surface area contributed by atoms with Gasteiger partial charge >= 0.3 is 0 Å². The highest BCUT2D eigenvalue weighted by Gasteiger charge is 2.34. The summed E-state index contributed by atoms with van der Waals surface area (Å²) in [7, 11) is 6.34. The first kappa shape index (κ1) is 17.8. The summed E-state index contributed by atoms with van der Waals surface area (Å²) in [5, 5.41) is 6.86. The first-order valence-electron chi connectivity index (χ1n) is 8.44. The lowest BCUT2D eigenvalue weighted by molar-refractivity contribution is -0.00501. The maximum atomic E-state index is 5.53. The van der Waals surface area contributed by atoms with E-state index in [4.69, 9.17) is 9.73 Å². The van der Waals surface area contributed by atoms with E-state index in [0.717, 1.165) is 45.1 Å². The maximum Gasteiger partial charge on any atom is 0.191 e. The molecule has 0 bridgehead atoms. The van der Waals surface area contributed by atoms with Gasteiger partial charge in [0.25, 0.3) is 0 Å². The molecule has 2 N–H and O–H groups in total. The van der Waals surface area contributed by atoms with E-state index in [9.17, 15) is 0 Å². The van der Waals surface area contributed by atoms with Crippen LogP contribution in [0.25, 0.3) is 0 Å². The number of aliphatic imine (C=N–C) groups is 1. The normalized spacial score (nSPS) is 18.2. The number of rotatable bonds is 6. The molecule has 0 amide bonds. The summed E-state index contributed by atoms with van der Waals surface area (Å²) in [5.41, 5.74) is 1.36. The molecule has 1 aromatic rings. The van der Waals surface area contributed by atoms with E-state index in [0.29, 0.717) is 6.54 Å². The van der Waals surface area contributed by atoms with Crippen molar-refractivity contribution in [2.24, 2.45) is 12.0 Å². The third kappa shape index (κ3) is 4.97. The van der Waals surface area contributed by atoms with Crippen LogP contribution < -0.4 is 10.6 Å². The van der Waals surface area contributed by atoms with Crippen LogP contribution in [0.2, 0.25) is 0 Å². The summed E-state index contributed by atoms with van der Waals surface area (Å²) in [6, 6.07) is 2.10. The van der Waals surface area contributed by atoms with Gasteiger partial charge in [-0.1, -0.05) is 0 Å². The molecule has 0 unspecified atom stereocenters. The van der Waals surface area contributed by atoms with Crippen molar-refractivity contribution < 1.29 is 4.74 Å². The van der Waals surface area contributed by atoms with Crippen molar-refractivity contribution in [1.82, 2.24) is 20.1 Å². The van der Waals surface area contributed by atoms with Crippen LogP contribution in [0.4, 0.5) is 0 Å². The van der Waals surface area contributed by atoms with Gasteiger partial charge < -0.3 is 24.8 Å². The molecule has 0 saturated carbocycles. The number of nitrogens with one attached hydrogen (secondary N) is 2. The van der Waals surface area contributed by atoms with Crippen molar-refractivity contribution in [2.75, 3.05) is 40.4 Å². The summed E-state index contributed by atoms with van der Waals surface area (Å²) in [6.07, 6.45) is 6.25. The Bertz CT molecular complexity index is 503. The van der Waals surface area contributed by atoms with Crippen LogP contribution in [0.1, 0.15) is 25.3 Å². The molecule has 6 heteroatoms. The lowest BCUT2D eigenvalue weighted by atomic mass is 9.88. The molecule has 0 atom stereocenters. The van der Waals surface area contributed by atoms with Crippen molar-refractivity contribution in [1.29, 1.82) is 0 Å². The minimum absolute atomic E-state index is 0.140. The Morgan fingerprint density at radius 1 is 1.35 bits per heavy atom. The minimum Gasteiger partial charge on any atom is -0.381 e. The molecule has 1 aromatic heterocycles. The molecule has 1 saturated heterocycles. The molecule has 1 fully saturated rings. The number of aromatic nitrogens is 1. The van der Waals surface area contributed by atoms with E-state index in [1.54, 1.807) is 0 Å². The molecule has 0 radical (unpaired) electrons. The second-order valence-corrected chi connectivity index (χ2v) is 6.47. The smallest absolute Gasteiger partial charge is 0.191 e. The van der Waals surface area contributed by atoms with Gasteiger partial charge in [-0.15, -0.1) is 0 Å². The Balaban J connectivity index is 1.97. The van der Waals surface area contributed by atoms with E-state index in [1.165, 1.54) is 5.56 Å². The number of aryl methyl sites for hydroxylation is 1.